The molecule has 1 aromatic heterocycles. The molecule has 1 unspecified atom stereocenters. The molecule has 1 N–H and O–H groups in total. The van der Waals surface area contributed by atoms with Crippen molar-refractivity contribution in [1.29, 1.82) is 0 Å². The van der Waals surface area contributed by atoms with Gasteiger partial charge >= 0.3 is 0 Å². The van der Waals surface area contributed by atoms with Crippen molar-refractivity contribution >= 4 is 22.5 Å². The lowest BCUT2D eigenvalue weighted by atomic mass is 9.94. The van der Waals surface area contributed by atoms with Gasteiger partial charge in [0.05, 0.1) is 11.2 Å². The average Bonchev–Trinajstić information content (AvgIpc) is 2.97. The van der Waals surface area contributed by atoms with Crippen LogP contribution in [0.2, 0.25) is 0 Å². The van der Waals surface area contributed by atoms with Gasteiger partial charge in [0.15, 0.2) is 0 Å². The molecule has 2 aromatic rings. The summed E-state index contributed by atoms with van der Waals surface area (Å²) in [6, 6.07) is 8.25. The van der Waals surface area contributed by atoms with E-state index in [4.69, 9.17) is 4.84 Å². The molecule has 5 nitrogen and oxygen atoms in total. The van der Waals surface area contributed by atoms with Crippen LogP contribution in [0.5, 0.6) is 0 Å². The zero-order valence-corrected chi connectivity index (χ0v) is 14.6. The van der Waals surface area contributed by atoms with E-state index in [9.17, 15) is 4.79 Å². The second kappa shape index (κ2) is 6.23. The van der Waals surface area contributed by atoms with E-state index in [1.54, 1.807) is 6.92 Å². The molecule has 0 radical (unpaired) electrons. The minimum Gasteiger partial charge on any atom is -0.379 e. The highest BCUT2D eigenvalue weighted by Gasteiger charge is 2.42. The van der Waals surface area contributed by atoms with Gasteiger partial charge in [-0.1, -0.05) is 18.1 Å². The molecule has 1 aliphatic rings. The molecule has 1 aliphatic heterocycles. The normalized spacial score (nSPS) is 20.1. The van der Waals surface area contributed by atoms with Gasteiger partial charge in [-0.2, -0.15) is 0 Å². The van der Waals surface area contributed by atoms with E-state index in [2.05, 4.69) is 34.5 Å². The van der Waals surface area contributed by atoms with E-state index in [0.29, 0.717) is 6.42 Å². The van der Waals surface area contributed by atoms with Crippen LogP contribution in [0.15, 0.2) is 35.6 Å². The van der Waals surface area contributed by atoms with Crippen molar-refractivity contribution in [2.75, 3.05) is 0 Å². The summed E-state index contributed by atoms with van der Waals surface area (Å²) in [5.74, 6) is -0.132. The van der Waals surface area contributed by atoms with Crippen molar-refractivity contribution in [2.45, 2.75) is 52.2 Å². The maximum atomic E-state index is 12.3. The van der Waals surface area contributed by atoms with Gasteiger partial charge < -0.3 is 10.2 Å². The number of pyridine rings is 1. The van der Waals surface area contributed by atoms with Crippen LogP contribution in [0.4, 0.5) is 0 Å². The third kappa shape index (κ3) is 3.11. The Labute approximate surface area is 142 Å². The van der Waals surface area contributed by atoms with Gasteiger partial charge in [-0.3, -0.25) is 9.78 Å². The molecule has 1 atom stereocenters. The average molecular weight is 325 g/mol. The third-order valence-electron chi connectivity index (χ3n) is 4.24. The van der Waals surface area contributed by atoms with Crippen molar-refractivity contribution in [1.82, 2.24) is 10.3 Å². The fourth-order valence-electron chi connectivity index (χ4n) is 2.78. The lowest BCUT2D eigenvalue weighted by Crippen LogP contribution is -2.47. The van der Waals surface area contributed by atoms with Crippen LogP contribution in [-0.4, -0.2) is 28.2 Å². The Morgan fingerprint density at radius 3 is 2.88 bits per heavy atom. The van der Waals surface area contributed by atoms with E-state index < -0.39 is 5.60 Å². The van der Waals surface area contributed by atoms with E-state index in [1.165, 1.54) is 5.56 Å². The minimum absolute atomic E-state index is 0.0705. The lowest BCUT2D eigenvalue weighted by Gasteiger charge is -2.21. The van der Waals surface area contributed by atoms with Crippen LogP contribution in [0, 0.1) is 0 Å². The summed E-state index contributed by atoms with van der Waals surface area (Å²) >= 11 is 0. The summed E-state index contributed by atoms with van der Waals surface area (Å²) in [7, 11) is 0. The Kier molecular flexibility index (Phi) is 4.26. The number of hydrogen-bond donors (Lipinski definition) is 1. The first-order chi connectivity index (χ1) is 11.4. The van der Waals surface area contributed by atoms with Crippen molar-refractivity contribution in [3.63, 3.8) is 0 Å². The molecule has 5 heteroatoms. The number of oxime groups is 1. The number of rotatable bonds is 4. The zero-order valence-electron chi connectivity index (χ0n) is 14.6. The molecule has 1 aromatic carbocycles. The van der Waals surface area contributed by atoms with E-state index >= 15 is 0 Å². The summed E-state index contributed by atoms with van der Waals surface area (Å²) in [4.78, 5) is 22.3. The predicted octanol–water partition coefficient (Wildman–Crippen LogP) is 3.20. The van der Waals surface area contributed by atoms with Crippen LogP contribution in [0.1, 0.15) is 45.2 Å². The van der Waals surface area contributed by atoms with Crippen molar-refractivity contribution in [3.05, 3.63) is 41.6 Å². The fourth-order valence-corrected chi connectivity index (χ4v) is 2.78. The Morgan fingerprint density at radius 1 is 1.38 bits per heavy atom. The van der Waals surface area contributed by atoms with Crippen molar-refractivity contribution < 1.29 is 9.63 Å². The van der Waals surface area contributed by atoms with Crippen LogP contribution in [0.3, 0.4) is 0 Å². The highest BCUT2D eigenvalue weighted by atomic mass is 16.7. The first-order valence-corrected chi connectivity index (χ1v) is 8.36. The Morgan fingerprint density at radius 2 is 2.17 bits per heavy atom. The largest absolute Gasteiger partial charge is 0.379 e. The van der Waals surface area contributed by atoms with Gasteiger partial charge in [0, 0.05) is 29.6 Å². The first kappa shape index (κ1) is 16.4. The maximum absolute atomic E-state index is 12.3. The number of fused-ring (bicyclic) bond motifs is 1. The smallest absolute Gasteiger partial charge is 0.267 e. The van der Waals surface area contributed by atoms with Crippen LogP contribution < -0.4 is 5.32 Å². The lowest BCUT2D eigenvalue weighted by molar-refractivity contribution is -0.142. The highest BCUT2D eigenvalue weighted by Crippen LogP contribution is 2.28. The standard InChI is InChI=1S/C19H23N3O2/c1-5-13-8-15-9-14(6-7-16(15)20-11-13)17-10-19(4,24-22-17)18(23)21-12(2)3/h6-9,11-12H,5,10H2,1-4H3,(H,21,23). The fraction of sp³-hybridized carbons (Fsp3) is 0.421. The molecule has 0 bridgehead atoms. The Bertz CT molecular complexity index is 813. The summed E-state index contributed by atoms with van der Waals surface area (Å²) in [6.07, 6.45) is 3.31. The summed E-state index contributed by atoms with van der Waals surface area (Å²) in [6.45, 7) is 7.75. The molecule has 0 spiro atoms. The van der Waals surface area contributed by atoms with E-state index in [1.807, 2.05) is 32.2 Å². The third-order valence-corrected chi connectivity index (χ3v) is 4.24. The topological polar surface area (TPSA) is 63.6 Å². The number of aryl methyl sites for hydroxylation is 1. The number of benzene rings is 1. The molecule has 0 saturated heterocycles. The van der Waals surface area contributed by atoms with Crippen LogP contribution in [0.25, 0.3) is 10.9 Å². The monoisotopic (exact) mass is 325 g/mol. The number of carbonyl (C=O) groups is 1. The number of amides is 1. The number of carbonyl (C=O) groups excluding carboxylic acids is 1. The van der Waals surface area contributed by atoms with Gasteiger partial charge in [0.25, 0.3) is 5.91 Å². The zero-order chi connectivity index (χ0) is 17.3. The molecule has 3 rings (SSSR count). The van der Waals surface area contributed by atoms with Crippen LogP contribution >= 0.6 is 0 Å². The maximum Gasteiger partial charge on any atom is 0.267 e. The number of hydrogen-bond acceptors (Lipinski definition) is 4. The van der Waals surface area contributed by atoms with Gasteiger partial charge in [0.1, 0.15) is 0 Å². The molecule has 0 fully saturated rings. The summed E-state index contributed by atoms with van der Waals surface area (Å²) in [5.41, 5.74) is 2.97. The molecule has 0 saturated carbocycles. The van der Waals surface area contributed by atoms with Crippen molar-refractivity contribution in [2.24, 2.45) is 5.16 Å². The second-order valence-corrected chi connectivity index (χ2v) is 6.77. The number of nitrogens with zero attached hydrogens (tertiary/aromatic N) is 2. The molecule has 126 valence electrons. The van der Waals surface area contributed by atoms with Gasteiger partial charge in [0.2, 0.25) is 5.60 Å². The van der Waals surface area contributed by atoms with Crippen molar-refractivity contribution in [3.8, 4) is 0 Å². The van der Waals surface area contributed by atoms with E-state index in [0.717, 1.165) is 28.6 Å². The quantitative estimate of drug-likeness (QED) is 0.939. The molecular weight excluding hydrogens is 302 g/mol. The Balaban J connectivity index is 1.85. The predicted molar refractivity (Wildman–Crippen MR) is 95.0 cm³/mol. The summed E-state index contributed by atoms with van der Waals surface area (Å²) in [5, 5.41) is 8.15. The van der Waals surface area contributed by atoms with Gasteiger partial charge in [-0.15, -0.1) is 0 Å². The molecule has 0 aliphatic carbocycles. The molecule has 1 amide bonds. The SMILES string of the molecule is CCc1cnc2ccc(C3=NOC(C)(C(=O)NC(C)C)C3)cc2c1. The highest BCUT2D eigenvalue weighted by molar-refractivity contribution is 6.07. The van der Waals surface area contributed by atoms with Gasteiger partial charge in [-0.05, 0) is 51.0 Å². The summed E-state index contributed by atoms with van der Waals surface area (Å²) < 4.78 is 0. The number of aromatic nitrogens is 1. The van der Waals surface area contributed by atoms with Crippen LogP contribution in [-0.2, 0) is 16.1 Å². The molecular formula is C19H23N3O2. The molecule has 24 heavy (non-hydrogen) atoms. The molecule has 2 heterocycles. The van der Waals surface area contributed by atoms with E-state index in [-0.39, 0.29) is 11.9 Å². The number of nitrogens with one attached hydrogen (secondary N) is 1. The van der Waals surface area contributed by atoms with Gasteiger partial charge in [-0.25, -0.2) is 0 Å². The Hall–Kier alpha value is -2.43. The first-order valence-electron chi connectivity index (χ1n) is 8.36. The second-order valence-electron chi connectivity index (χ2n) is 6.77. The minimum atomic E-state index is -0.946.